The van der Waals surface area contributed by atoms with Gasteiger partial charge in [-0.1, -0.05) is 24.6 Å². The van der Waals surface area contributed by atoms with Crippen LogP contribution in [0.25, 0.3) is 0 Å². The summed E-state index contributed by atoms with van der Waals surface area (Å²) in [7, 11) is 1.80. The Bertz CT molecular complexity index is 444. The minimum atomic E-state index is -0.382. The Morgan fingerprint density at radius 3 is 2.53 bits per heavy atom. The predicted molar refractivity (Wildman–Crippen MR) is 76.0 cm³/mol. The molecule has 104 valence electrons. The lowest BCUT2D eigenvalue weighted by atomic mass is 9.99. The topological polar surface area (TPSA) is 72.2 Å². The second kappa shape index (κ2) is 7.69. The number of benzene rings is 1. The number of nitrogens with two attached hydrogens (primary N) is 1. The zero-order valence-electron chi connectivity index (χ0n) is 11.6. The highest BCUT2D eigenvalue weighted by Gasteiger charge is 2.11. The van der Waals surface area contributed by atoms with Crippen molar-refractivity contribution in [3.05, 3.63) is 35.4 Å². The number of aryl methyl sites for hydroxylation is 1. The molecule has 1 amide bonds. The number of carbonyl (C=O) groups is 2. The standard InChI is InChI=1S/C15H22N2O2/c1-11(18)14(17-2)10-6-4-8-12-7-3-5-9-13(12)15(16)19/h3,5,7,9,14,17H,4,6,8,10H2,1-2H3,(H2,16,19). The van der Waals surface area contributed by atoms with Gasteiger partial charge in [-0.3, -0.25) is 9.59 Å². The Hall–Kier alpha value is -1.68. The third-order valence-electron chi connectivity index (χ3n) is 3.31. The van der Waals surface area contributed by atoms with Crippen LogP contribution in [0.1, 0.15) is 42.1 Å². The molecule has 1 rings (SSSR count). The van der Waals surface area contributed by atoms with Crippen molar-refractivity contribution in [1.29, 1.82) is 0 Å². The van der Waals surface area contributed by atoms with Gasteiger partial charge in [0.1, 0.15) is 5.78 Å². The van der Waals surface area contributed by atoms with Crippen molar-refractivity contribution < 1.29 is 9.59 Å². The van der Waals surface area contributed by atoms with Gasteiger partial charge in [0.25, 0.3) is 0 Å². The van der Waals surface area contributed by atoms with Crippen LogP contribution in [-0.2, 0) is 11.2 Å². The molecule has 0 bridgehead atoms. The van der Waals surface area contributed by atoms with Crippen LogP contribution < -0.4 is 11.1 Å². The van der Waals surface area contributed by atoms with E-state index in [0.29, 0.717) is 5.56 Å². The Morgan fingerprint density at radius 2 is 1.95 bits per heavy atom. The molecule has 0 saturated heterocycles. The third kappa shape index (κ3) is 4.83. The van der Waals surface area contributed by atoms with Gasteiger partial charge < -0.3 is 11.1 Å². The number of hydrogen-bond acceptors (Lipinski definition) is 3. The highest BCUT2D eigenvalue weighted by Crippen LogP contribution is 2.13. The minimum absolute atomic E-state index is 0.0635. The maximum absolute atomic E-state index is 11.3. The summed E-state index contributed by atoms with van der Waals surface area (Å²) in [4.78, 5) is 22.5. The largest absolute Gasteiger partial charge is 0.366 e. The molecule has 0 aliphatic heterocycles. The number of carbonyl (C=O) groups excluding carboxylic acids is 2. The molecular formula is C15H22N2O2. The van der Waals surface area contributed by atoms with Gasteiger partial charge in [-0.2, -0.15) is 0 Å². The second-order valence-electron chi connectivity index (χ2n) is 4.72. The van der Waals surface area contributed by atoms with Gasteiger partial charge in [0.05, 0.1) is 6.04 Å². The van der Waals surface area contributed by atoms with E-state index >= 15 is 0 Å². The zero-order chi connectivity index (χ0) is 14.3. The van der Waals surface area contributed by atoms with E-state index in [1.165, 1.54) is 0 Å². The van der Waals surface area contributed by atoms with Gasteiger partial charge in [-0.15, -0.1) is 0 Å². The van der Waals surface area contributed by atoms with Crippen molar-refractivity contribution in [2.45, 2.75) is 38.6 Å². The average molecular weight is 262 g/mol. The monoisotopic (exact) mass is 262 g/mol. The fraction of sp³-hybridized carbons (Fsp3) is 0.467. The number of primary amides is 1. The molecule has 0 aliphatic carbocycles. The van der Waals surface area contributed by atoms with Gasteiger partial charge >= 0.3 is 0 Å². The first-order chi connectivity index (χ1) is 9.06. The van der Waals surface area contributed by atoms with Gasteiger partial charge in [-0.25, -0.2) is 0 Å². The van der Waals surface area contributed by atoms with E-state index in [-0.39, 0.29) is 17.7 Å². The molecule has 4 heteroatoms. The molecule has 0 heterocycles. The second-order valence-corrected chi connectivity index (χ2v) is 4.72. The van der Waals surface area contributed by atoms with Crippen LogP contribution in [0.5, 0.6) is 0 Å². The summed E-state index contributed by atoms with van der Waals surface area (Å²) >= 11 is 0. The molecule has 0 spiro atoms. The highest BCUT2D eigenvalue weighted by molar-refractivity contribution is 5.94. The molecule has 1 atom stereocenters. The molecule has 0 radical (unpaired) electrons. The van der Waals surface area contributed by atoms with E-state index in [0.717, 1.165) is 31.2 Å². The minimum Gasteiger partial charge on any atom is -0.366 e. The molecule has 4 nitrogen and oxygen atoms in total. The average Bonchev–Trinajstić information content (AvgIpc) is 2.38. The van der Waals surface area contributed by atoms with E-state index in [1.807, 2.05) is 18.2 Å². The Kier molecular flexibility index (Phi) is 6.22. The number of amides is 1. The Morgan fingerprint density at radius 1 is 1.26 bits per heavy atom. The number of ketones is 1. The van der Waals surface area contributed by atoms with Crippen LogP contribution in [0.2, 0.25) is 0 Å². The summed E-state index contributed by atoms with van der Waals surface area (Å²) in [5, 5.41) is 3.01. The van der Waals surface area contributed by atoms with Gasteiger partial charge in [0, 0.05) is 5.56 Å². The maximum Gasteiger partial charge on any atom is 0.248 e. The first-order valence-corrected chi connectivity index (χ1v) is 6.61. The highest BCUT2D eigenvalue weighted by atomic mass is 16.1. The molecule has 1 aromatic carbocycles. The SMILES string of the molecule is CNC(CCCCc1ccccc1C(N)=O)C(C)=O. The summed E-state index contributed by atoms with van der Waals surface area (Å²) in [6.45, 7) is 1.60. The molecule has 1 aromatic rings. The fourth-order valence-electron chi connectivity index (χ4n) is 2.19. The van der Waals surface area contributed by atoms with Gasteiger partial charge in [-0.05, 0) is 44.9 Å². The van der Waals surface area contributed by atoms with Gasteiger partial charge in [0.15, 0.2) is 0 Å². The summed E-state index contributed by atoms with van der Waals surface area (Å²) in [5.74, 6) is -0.215. The number of rotatable bonds is 8. The van der Waals surface area contributed by atoms with Crippen molar-refractivity contribution in [1.82, 2.24) is 5.32 Å². The summed E-state index contributed by atoms with van der Waals surface area (Å²) in [6, 6.07) is 7.35. The predicted octanol–water partition coefficient (Wildman–Crippen LogP) is 1.68. The quantitative estimate of drug-likeness (QED) is 0.700. The van der Waals surface area contributed by atoms with Crippen molar-refractivity contribution in [3.63, 3.8) is 0 Å². The summed E-state index contributed by atoms with van der Waals surface area (Å²) < 4.78 is 0. The van der Waals surface area contributed by atoms with E-state index in [1.54, 1.807) is 20.0 Å². The first kappa shape index (κ1) is 15.4. The van der Waals surface area contributed by atoms with E-state index in [9.17, 15) is 9.59 Å². The maximum atomic E-state index is 11.3. The lowest BCUT2D eigenvalue weighted by Crippen LogP contribution is -2.32. The molecule has 0 fully saturated rings. The lowest BCUT2D eigenvalue weighted by molar-refractivity contribution is -0.119. The summed E-state index contributed by atoms with van der Waals surface area (Å²) in [5.41, 5.74) is 6.92. The van der Waals surface area contributed by atoms with E-state index in [4.69, 9.17) is 5.73 Å². The van der Waals surface area contributed by atoms with Crippen LogP contribution in [0.15, 0.2) is 24.3 Å². The zero-order valence-corrected chi connectivity index (χ0v) is 11.6. The summed E-state index contributed by atoms with van der Waals surface area (Å²) in [6.07, 6.45) is 3.52. The van der Waals surface area contributed by atoms with Crippen molar-refractivity contribution in [3.8, 4) is 0 Å². The lowest BCUT2D eigenvalue weighted by Gasteiger charge is -2.12. The number of likely N-dealkylation sites (N-methyl/N-ethyl adjacent to an activating group) is 1. The molecule has 0 saturated carbocycles. The molecular weight excluding hydrogens is 240 g/mol. The van der Waals surface area contributed by atoms with Crippen molar-refractivity contribution >= 4 is 11.7 Å². The molecule has 0 aliphatic rings. The molecule has 0 aromatic heterocycles. The van der Waals surface area contributed by atoms with E-state index in [2.05, 4.69) is 5.32 Å². The normalized spacial score (nSPS) is 12.1. The Balaban J connectivity index is 2.45. The number of unbranched alkanes of at least 4 members (excludes halogenated alkanes) is 1. The number of hydrogen-bond donors (Lipinski definition) is 2. The number of nitrogens with one attached hydrogen (secondary N) is 1. The van der Waals surface area contributed by atoms with Crippen LogP contribution in [0, 0.1) is 0 Å². The van der Waals surface area contributed by atoms with E-state index < -0.39 is 0 Å². The molecule has 1 unspecified atom stereocenters. The van der Waals surface area contributed by atoms with Crippen molar-refractivity contribution in [2.24, 2.45) is 5.73 Å². The third-order valence-corrected chi connectivity index (χ3v) is 3.31. The van der Waals surface area contributed by atoms with Crippen LogP contribution >= 0.6 is 0 Å². The van der Waals surface area contributed by atoms with Crippen LogP contribution in [0.3, 0.4) is 0 Å². The molecule has 19 heavy (non-hydrogen) atoms. The van der Waals surface area contributed by atoms with Crippen LogP contribution in [-0.4, -0.2) is 24.8 Å². The smallest absolute Gasteiger partial charge is 0.248 e. The molecule has 3 N–H and O–H groups in total. The van der Waals surface area contributed by atoms with Gasteiger partial charge in [0.2, 0.25) is 5.91 Å². The Labute approximate surface area is 114 Å². The number of Topliss-reactive ketones (excluding diaryl/α,β-unsaturated/α-hetero) is 1. The fourth-order valence-corrected chi connectivity index (χ4v) is 2.19. The van der Waals surface area contributed by atoms with Crippen LogP contribution in [0.4, 0.5) is 0 Å². The first-order valence-electron chi connectivity index (χ1n) is 6.61. The van der Waals surface area contributed by atoms with Crippen molar-refractivity contribution in [2.75, 3.05) is 7.05 Å².